The molecule has 5 heteroatoms. The molecule has 1 unspecified atom stereocenters. The van der Waals surface area contributed by atoms with Gasteiger partial charge in [0.05, 0.1) is 13.0 Å². The molecule has 17 heavy (non-hydrogen) atoms. The fourth-order valence-electron chi connectivity index (χ4n) is 1.60. The molecule has 1 aromatic carbocycles. The number of carbonyl (C=O) groups is 2. The monoisotopic (exact) mass is 236 g/mol. The number of nitrogens with two attached hydrogens (primary N) is 2. The number of hydrogen-bond donors (Lipinski definition) is 2. The minimum Gasteiger partial charge on any atom is -0.468 e. The molecule has 0 spiro atoms. The first-order valence-electron chi connectivity index (χ1n) is 5.24. The van der Waals surface area contributed by atoms with Gasteiger partial charge in [0.25, 0.3) is 0 Å². The number of hydrogen-bond acceptors (Lipinski definition) is 4. The first-order chi connectivity index (χ1) is 8.06. The number of carbonyl (C=O) groups excluding carboxylic acids is 2. The Balaban J connectivity index is 2.82. The second-order valence-electron chi connectivity index (χ2n) is 3.73. The summed E-state index contributed by atoms with van der Waals surface area (Å²) in [5.74, 6) is -1.63. The number of ether oxygens (including phenoxy) is 1. The summed E-state index contributed by atoms with van der Waals surface area (Å²) >= 11 is 0. The summed E-state index contributed by atoms with van der Waals surface area (Å²) in [6.07, 6.45) is 0.145. The van der Waals surface area contributed by atoms with Crippen molar-refractivity contribution in [1.82, 2.24) is 0 Å². The lowest BCUT2D eigenvalue weighted by Gasteiger charge is -2.17. The van der Waals surface area contributed by atoms with Gasteiger partial charge in [0.1, 0.15) is 6.04 Å². The number of methoxy groups -OCH3 is 1. The highest BCUT2D eigenvalue weighted by Gasteiger charge is 2.24. The molecule has 0 fully saturated rings. The van der Waals surface area contributed by atoms with Crippen molar-refractivity contribution in [3.8, 4) is 0 Å². The quantitative estimate of drug-likeness (QED) is 0.711. The Bertz CT molecular complexity index is 392. The summed E-state index contributed by atoms with van der Waals surface area (Å²) < 4.78 is 4.51. The third-order valence-corrected chi connectivity index (χ3v) is 2.54. The van der Waals surface area contributed by atoms with Gasteiger partial charge >= 0.3 is 5.97 Å². The van der Waals surface area contributed by atoms with Gasteiger partial charge in [-0.25, -0.2) is 0 Å². The van der Waals surface area contributed by atoms with Crippen molar-refractivity contribution in [2.45, 2.75) is 18.4 Å². The van der Waals surface area contributed by atoms with E-state index < -0.39 is 23.8 Å². The Labute approximate surface area is 99.7 Å². The van der Waals surface area contributed by atoms with Crippen LogP contribution in [0.1, 0.15) is 17.9 Å². The van der Waals surface area contributed by atoms with Gasteiger partial charge in [-0.2, -0.15) is 0 Å². The molecule has 1 amide bonds. The topological polar surface area (TPSA) is 95.4 Å². The average Bonchev–Trinajstić information content (AvgIpc) is 2.35. The number of primary amides is 1. The highest BCUT2D eigenvalue weighted by atomic mass is 16.5. The maximum Gasteiger partial charge on any atom is 0.322 e. The smallest absolute Gasteiger partial charge is 0.322 e. The van der Waals surface area contributed by atoms with Crippen LogP contribution in [-0.2, 0) is 14.3 Å². The summed E-state index contributed by atoms with van der Waals surface area (Å²) in [6, 6.07) is 8.14. The van der Waals surface area contributed by atoms with Crippen LogP contribution in [0.15, 0.2) is 30.3 Å². The van der Waals surface area contributed by atoms with Crippen LogP contribution < -0.4 is 11.5 Å². The standard InChI is InChI=1S/C12H16N2O3/c1-17-12(16)10(13)7-9(11(14)15)8-5-3-2-4-6-8/h2-6,9-10H,7,13H2,1H3,(H2,14,15)/t9?,10-/m0/s1. The van der Waals surface area contributed by atoms with E-state index in [-0.39, 0.29) is 6.42 Å². The molecule has 1 rings (SSSR count). The minimum atomic E-state index is -0.849. The zero-order valence-corrected chi connectivity index (χ0v) is 9.63. The second kappa shape index (κ2) is 6.00. The first-order valence-corrected chi connectivity index (χ1v) is 5.24. The normalized spacial score (nSPS) is 13.8. The van der Waals surface area contributed by atoms with E-state index in [2.05, 4.69) is 4.74 Å². The van der Waals surface area contributed by atoms with Crippen LogP contribution in [-0.4, -0.2) is 25.0 Å². The van der Waals surface area contributed by atoms with Crippen molar-refractivity contribution in [3.05, 3.63) is 35.9 Å². The minimum absolute atomic E-state index is 0.145. The van der Waals surface area contributed by atoms with Crippen molar-refractivity contribution >= 4 is 11.9 Å². The molecule has 0 heterocycles. The molecule has 0 aliphatic carbocycles. The van der Waals surface area contributed by atoms with Crippen LogP contribution in [0.5, 0.6) is 0 Å². The molecule has 0 saturated heterocycles. The predicted octanol–water partition coefficient (Wildman–Crippen LogP) is 0.146. The third-order valence-electron chi connectivity index (χ3n) is 2.54. The lowest BCUT2D eigenvalue weighted by Crippen LogP contribution is -2.36. The van der Waals surface area contributed by atoms with Gasteiger partial charge in [0.2, 0.25) is 5.91 Å². The van der Waals surface area contributed by atoms with E-state index in [9.17, 15) is 9.59 Å². The molecule has 0 aliphatic rings. The van der Waals surface area contributed by atoms with Crippen molar-refractivity contribution in [3.63, 3.8) is 0 Å². The van der Waals surface area contributed by atoms with E-state index in [0.29, 0.717) is 0 Å². The summed E-state index contributed by atoms with van der Waals surface area (Å²) in [4.78, 5) is 22.6. The molecular weight excluding hydrogens is 220 g/mol. The molecule has 2 atom stereocenters. The van der Waals surface area contributed by atoms with Crippen molar-refractivity contribution < 1.29 is 14.3 Å². The van der Waals surface area contributed by atoms with Crippen molar-refractivity contribution in [1.29, 1.82) is 0 Å². The van der Waals surface area contributed by atoms with Crippen LogP contribution in [0.3, 0.4) is 0 Å². The Hall–Kier alpha value is -1.88. The predicted molar refractivity (Wildman–Crippen MR) is 63.0 cm³/mol. The molecule has 0 aromatic heterocycles. The Morgan fingerprint density at radius 3 is 2.35 bits per heavy atom. The number of amides is 1. The van der Waals surface area contributed by atoms with Gasteiger partial charge in [0.15, 0.2) is 0 Å². The van der Waals surface area contributed by atoms with Crippen molar-refractivity contribution in [2.24, 2.45) is 11.5 Å². The highest BCUT2D eigenvalue weighted by Crippen LogP contribution is 2.20. The molecule has 0 bridgehead atoms. The molecule has 0 aliphatic heterocycles. The average molecular weight is 236 g/mol. The lowest BCUT2D eigenvalue weighted by atomic mass is 9.92. The molecule has 0 saturated carbocycles. The molecular formula is C12H16N2O3. The Morgan fingerprint density at radius 2 is 1.88 bits per heavy atom. The summed E-state index contributed by atoms with van der Waals surface area (Å²) in [7, 11) is 1.25. The lowest BCUT2D eigenvalue weighted by molar-refractivity contribution is -0.142. The first kappa shape index (κ1) is 13.2. The highest BCUT2D eigenvalue weighted by molar-refractivity contribution is 5.83. The number of esters is 1. The van der Waals surface area contributed by atoms with Crippen LogP contribution in [0.4, 0.5) is 0 Å². The number of benzene rings is 1. The van der Waals surface area contributed by atoms with Gasteiger partial charge in [-0.15, -0.1) is 0 Å². The fourth-order valence-corrected chi connectivity index (χ4v) is 1.60. The van der Waals surface area contributed by atoms with E-state index in [0.717, 1.165) is 5.56 Å². The Morgan fingerprint density at radius 1 is 1.29 bits per heavy atom. The van der Waals surface area contributed by atoms with Gasteiger partial charge in [-0.3, -0.25) is 9.59 Å². The van der Waals surface area contributed by atoms with E-state index in [4.69, 9.17) is 11.5 Å². The molecule has 0 radical (unpaired) electrons. The van der Waals surface area contributed by atoms with E-state index >= 15 is 0 Å². The maximum atomic E-state index is 11.4. The summed E-state index contributed by atoms with van der Waals surface area (Å²) in [5, 5.41) is 0. The van der Waals surface area contributed by atoms with E-state index in [1.54, 1.807) is 24.3 Å². The van der Waals surface area contributed by atoms with Gasteiger partial charge in [-0.1, -0.05) is 30.3 Å². The van der Waals surface area contributed by atoms with Crippen LogP contribution in [0.2, 0.25) is 0 Å². The summed E-state index contributed by atoms with van der Waals surface area (Å²) in [6.45, 7) is 0. The van der Waals surface area contributed by atoms with E-state index in [1.165, 1.54) is 7.11 Å². The molecule has 92 valence electrons. The number of rotatable bonds is 5. The van der Waals surface area contributed by atoms with Crippen LogP contribution >= 0.6 is 0 Å². The maximum absolute atomic E-state index is 11.4. The van der Waals surface area contributed by atoms with Gasteiger partial charge in [0, 0.05) is 0 Å². The SMILES string of the molecule is COC(=O)[C@@H](N)CC(C(N)=O)c1ccccc1. The second-order valence-corrected chi connectivity index (χ2v) is 3.73. The van der Waals surface area contributed by atoms with Crippen LogP contribution in [0.25, 0.3) is 0 Å². The molecule has 4 N–H and O–H groups in total. The zero-order valence-electron chi connectivity index (χ0n) is 9.63. The van der Waals surface area contributed by atoms with Gasteiger partial charge in [-0.05, 0) is 12.0 Å². The largest absolute Gasteiger partial charge is 0.468 e. The van der Waals surface area contributed by atoms with Crippen LogP contribution in [0, 0.1) is 0 Å². The van der Waals surface area contributed by atoms with Crippen molar-refractivity contribution in [2.75, 3.05) is 7.11 Å². The van der Waals surface area contributed by atoms with E-state index in [1.807, 2.05) is 6.07 Å². The third kappa shape index (κ3) is 3.57. The fraction of sp³-hybridized carbons (Fsp3) is 0.333. The molecule has 5 nitrogen and oxygen atoms in total. The Kier molecular flexibility index (Phi) is 4.66. The zero-order chi connectivity index (χ0) is 12.8. The van der Waals surface area contributed by atoms with Gasteiger partial charge < -0.3 is 16.2 Å². The molecule has 1 aromatic rings. The summed E-state index contributed by atoms with van der Waals surface area (Å²) in [5.41, 5.74) is 11.7.